The molecule has 0 amide bonds. The number of alkyl halides is 3. The lowest BCUT2D eigenvalue weighted by Crippen LogP contribution is -2.21. The topological polar surface area (TPSA) is 97.0 Å². The maximum Gasteiger partial charge on any atom is 0.573 e. The van der Waals surface area contributed by atoms with Crippen molar-refractivity contribution in [2.75, 3.05) is 0 Å². The zero-order valence-electron chi connectivity index (χ0n) is 13.7. The normalized spacial score (nSPS) is 16.7. The van der Waals surface area contributed by atoms with Crippen LogP contribution in [0.4, 0.5) is 13.2 Å². The Balaban J connectivity index is 2.05. The van der Waals surface area contributed by atoms with Gasteiger partial charge in [0, 0.05) is 11.3 Å². The van der Waals surface area contributed by atoms with Gasteiger partial charge in [0.1, 0.15) is 17.4 Å². The third-order valence-electron chi connectivity index (χ3n) is 3.96. The number of nitrogens with one attached hydrogen (secondary N) is 1. The monoisotopic (exact) mass is 364 g/mol. The smallest absolute Gasteiger partial charge is 0.420 e. The van der Waals surface area contributed by atoms with Gasteiger partial charge in [0.25, 0.3) is 0 Å². The highest BCUT2D eigenvalue weighted by Crippen LogP contribution is 2.43. The average molecular weight is 364 g/mol. The highest BCUT2D eigenvalue weighted by molar-refractivity contribution is 5.55. The Morgan fingerprint density at radius 1 is 1.35 bits per heavy atom. The van der Waals surface area contributed by atoms with Gasteiger partial charge in [-0.3, -0.25) is 5.10 Å². The summed E-state index contributed by atoms with van der Waals surface area (Å²) >= 11 is 0. The minimum absolute atomic E-state index is 0.0739. The molecule has 9 heteroatoms. The number of nitrogens with zero attached hydrogens (tertiary/aromatic N) is 2. The molecule has 0 unspecified atom stereocenters. The number of benzene rings is 1. The molecule has 0 fully saturated rings. The van der Waals surface area contributed by atoms with Gasteiger partial charge in [-0.1, -0.05) is 25.5 Å². The zero-order valence-corrected chi connectivity index (χ0v) is 13.7. The fourth-order valence-electron chi connectivity index (χ4n) is 2.94. The molecule has 26 heavy (non-hydrogen) atoms. The van der Waals surface area contributed by atoms with Crippen molar-refractivity contribution in [3.63, 3.8) is 0 Å². The molecule has 2 heterocycles. The van der Waals surface area contributed by atoms with Gasteiger partial charge < -0.3 is 15.2 Å². The minimum Gasteiger partial charge on any atom is -0.420 e. The van der Waals surface area contributed by atoms with Crippen molar-refractivity contribution < 1.29 is 22.6 Å². The molecule has 2 aromatic rings. The number of aromatic nitrogens is 2. The van der Waals surface area contributed by atoms with Gasteiger partial charge in [0.2, 0.25) is 11.8 Å². The number of nitriles is 1. The maximum atomic E-state index is 12.3. The number of aromatic amines is 1. The number of aryl methyl sites for hydroxylation is 1. The summed E-state index contributed by atoms with van der Waals surface area (Å²) in [5.41, 5.74) is 8.07. The van der Waals surface area contributed by atoms with Gasteiger partial charge in [-0.15, -0.1) is 18.3 Å². The van der Waals surface area contributed by atoms with Gasteiger partial charge in [0.15, 0.2) is 0 Å². The van der Waals surface area contributed by atoms with E-state index in [1.165, 1.54) is 24.3 Å². The Labute approximate surface area is 147 Å². The highest BCUT2D eigenvalue weighted by Gasteiger charge is 2.35. The van der Waals surface area contributed by atoms with E-state index in [1.807, 2.05) is 13.0 Å². The second-order valence-electron chi connectivity index (χ2n) is 5.71. The Morgan fingerprint density at radius 3 is 2.62 bits per heavy atom. The summed E-state index contributed by atoms with van der Waals surface area (Å²) in [6.07, 6.45) is -3.26. The first-order chi connectivity index (χ1) is 12.3. The van der Waals surface area contributed by atoms with Gasteiger partial charge >= 0.3 is 6.36 Å². The number of allylic oxidation sites excluding steroid dienone is 1. The maximum absolute atomic E-state index is 12.3. The first-order valence-electron chi connectivity index (χ1n) is 7.84. The van der Waals surface area contributed by atoms with Crippen LogP contribution in [0.5, 0.6) is 11.6 Å². The van der Waals surface area contributed by atoms with E-state index in [1.54, 1.807) is 0 Å². The number of hydrogen-bond acceptors (Lipinski definition) is 5. The Bertz CT molecular complexity index is 879. The standard InChI is InChI=1S/C17H15F3N4O2/c1-2-3-12-14-13(11(8-21)15(22)25-16(14)24-23-12)9-4-6-10(7-5-9)26-17(18,19)20/h4-7,13H,2-3,22H2,1H3,(H,23,24)/t13-/m1/s1. The molecular weight excluding hydrogens is 349 g/mol. The molecule has 1 aliphatic heterocycles. The second kappa shape index (κ2) is 6.63. The first-order valence-corrected chi connectivity index (χ1v) is 7.84. The van der Waals surface area contributed by atoms with Crippen LogP contribution in [0.15, 0.2) is 35.7 Å². The van der Waals surface area contributed by atoms with Gasteiger partial charge in [-0.2, -0.15) is 5.26 Å². The predicted molar refractivity (Wildman–Crippen MR) is 85.0 cm³/mol. The molecule has 0 saturated carbocycles. The van der Waals surface area contributed by atoms with Crippen LogP contribution in [0.25, 0.3) is 0 Å². The molecule has 0 radical (unpaired) electrons. The van der Waals surface area contributed by atoms with Crippen molar-refractivity contribution in [2.45, 2.75) is 32.0 Å². The molecule has 0 aliphatic carbocycles. The zero-order chi connectivity index (χ0) is 18.9. The Hall–Kier alpha value is -3.15. The quantitative estimate of drug-likeness (QED) is 0.866. The third kappa shape index (κ3) is 3.31. The van der Waals surface area contributed by atoms with Crippen LogP contribution in [0.3, 0.4) is 0 Å². The average Bonchev–Trinajstić information content (AvgIpc) is 2.96. The van der Waals surface area contributed by atoms with E-state index < -0.39 is 12.3 Å². The molecule has 0 spiro atoms. The molecular formula is C17H15F3N4O2. The Kier molecular flexibility index (Phi) is 4.50. The van der Waals surface area contributed by atoms with Gasteiger partial charge in [0.05, 0.1) is 5.92 Å². The molecule has 6 nitrogen and oxygen atoms in total. The van der Waals surface area contributed by atoms with Crippen molar-refractivity contribution in [2.24, 2.45) is 5.73 Å². The summed E-state index contributed by atoms with van der Waals surface area (Å²) in [6, 6.07) is 7.36. The summed E-state index contributed by atoms with van der Waals surface area (Å²) in [5.74, 6) is -0.727. The predicted octanol–water partition coefficient (Wildman–Crippen LogP) is 3.48. The van der Waals surface area contributed by atoms with Crippen molar-refractivity contribution in [1.29, 1.82) is 5.26 Å². The van der Waals surface area contributed by atoms with Crippen LogP contribution in [0.2, 0.25) is 0 Å². The summed E-state index contributed by atoms with van der Waals surface area (Å²) in [6.45, 7) is 1.99. The minimum atomic E-state index is -4.77. The van der Waals surface area contributed by atoms with E-state index in [2.05, 4.69) is 14.9 Å². The molecule has 0 bridgehead atoms. The van der Waals surface area contributed by atoms with E-state index >= 15 is 0 Å². The molecule has 3 rings (SSSR count). The molecule has 1 aliphatic rings. The summed E-state index contributed by atoms with van der Waals surface area (Å²) in [5, 5.41) is 16.5. The van der Waals surface area contributed by atoms with Crippen molar-refractivity contribution in [3.05, 3.63) is 52.5 Å². The van der Waals surface area contributed by atoms with Crippen LogP contribution in [-0.2, 0) is 6.42 Å². The lowest BCUT2D eigenvalue weighted by atomic mass is 9.83. The fourth-order valence-corrected chi connectivity index (χ4v) is 2.94. The number of H-pyrrole nitrogens is 1. The van der Waals surface area contributed by atoms with E-state index in [9.17, 15) is 18.4 Å². The van der Waals surface area contributed by atoms with E-state index in [4.69, 9.17) is 10.5 Å². The SMILES string of the molecule is CCCc1[nH]nc2c1[C@H](c1ccc(OC(F)(F)F)cc1)C(C#N)=C(N)O2. The fraction of sp³-hybridized carbons (Fsp3) is 0.294. The number of ether oxygens (including phenoxy) is 2. The number of fused-ring (bicyclic) bond motifs is 1. The van der Waals surface area contributed by atoms with Crippen molar-refractivity contribution in [3.8, 4) is 17.7 Å². The number of rotatable bonds is 4. The number of halogens is 3. The Morgan fingerprint density at radius 2 is 2.04 bits per heavy atom. The van der Waals surface area contributed by atoms with E-state index in [0.29, 0.717) is 17.5 Å². The van der Waals surface area contributed by atoms with Crippen LogP contribution >= 0.6 is 0 Å². The lowest BCUT2D eigenvalue weighted by molar-refractivity contribution is -0.274. The van der Waals surface area contributed by atoms with E-state index in [0.717, 1.165) is 12.1 Å². The number of nitrogens with two attached hydrogens (primary N) is 1. The van der Waals surface area contributed by atoms with Gasteiger partial charge in [-0.25, -0.2) is 0 Å². The van der Waals surface area contributed by atoms with Crippen LogP contribution < -0.4 is 15.2 Å². The lowest BCUT2D eigenvalue weighted by Gasteiger charge is -2.24. The molecule has 3 N–H and O–H groups in total. The highest BCUT2D eigenvalue weighted by atomic mass is 19.4. The summed E-state index contributed by atoms with van der Waals surface area (Å²) in [4.78, 5) is 0. The van der Waals surface area contributed by atoms with Crippen LogP contribution in [-0.4, -0.2) is 16.6 Å². The van der Waals surface area contributed by atoms with Crippen molar-refractivity contribution in [1.82, 2.24) is 10.2 Å². The number of hydrogen-bond donors (Lipinski definition) is 2. The van der Waals surface area contributed by atoms with Crippen LogP contribution in [0.1, 0.15) is 36.1 Å². The molecule has 1 atom stereocenters. The first kappa shape index (κ1) is 17.7. The largest absolute Gasteiger partial charge is 0.573 e. The van der Waals surface area contributed by atoms with Gasteiger partial charge in [-0.05, 0) is 24.1 Å². The molecule has 1 aromatic heterocycles. The second-order valence-corrected chi connectivity index (χ2v) is 5.71. The van der Waals surface area contributed by atoms with Crippen LogP contribution in [0, 0.1) is 11.3 Å². The molecule has 1 aromatic carbocycles. The molecule has 0 saturated heterocycles. The van der Waals surface area contributed by atoms with E-state index in [-0.39, 0.29) is 23.1 Å². The summed E-state index contributed by atoms with van der Waals surface area (Å²) < 4.78 is 46.3. The molecule has 136 valence electrons. The van der Waals surface area contributed by atoms with Crippen molar-refractivity contribution >= 4 is 0 Å². The summed E-state index contributed by atoms with van der Waals surface area (Å²) in [7, 11) is 0. The third-order valence-corrected chi connectivity index (χ3v) is 3.96.